The van der Waals surface area contributed by atoms with Crippen molar-refractivity contribution in [3.63, 3.8) is 0 Å². The lowest BCUT2D eigenvalue weighted by molar-refractivity contribution is -0.383. The van der Waals surface area contributed by atoms with Crippen LogP contribution in [0.1, 0.15) is 39.5 Å². The maximum Gasteiger partial charge on any atom is 0.353 e. The highest BCUT2D eigenvalue weighted by Crippen LogP contribution is 2.35. The third kappa shape index (κ3) is 4.88. The lowest BCUT2D eigenvalue weighted by atomic mass is 10.0. The van der Waals surface area contributed by atoms with Gasteiger partial charge in [0.05, 0.1) is 11.5 Å². The predicted molar refractivity (Wildman–Crippen MR) is 109 cm³/mol. The number of rotatable bonds is 8. The van der Waals surface area contributed by atoms with Gasteiger partial charge in [-0.05, 0) is 49.4 Å². The minimum Gasteiger partial charge on any atom is -0.494 e. The van der Waals surface area contributed by atoms with E-state index in [-0.39, 0.29) is 11.5 Å². The summed E-state index contributed by atoms with van der Waals surface area (Å²) in [5.41, 5.74) is 0.627. The fourth-order valence-electron chi connectivity index (χ4n) is 3.35. The van der Waals surface area contributed by atoms with Gasteiger partial charge < -0.3 is 15.0 Å². The number of aromatic nitrogens is 2. The molecule has 150 valence electrons. The lowest BCUT2D eigenvalue weighted by Gasteiger charge is -2.31. The van der Waals surface area contributed by atoms with E-state index in [1.807, 2.05) is 29.2 Å². The molecule has 0 amide bonds. The summed E-state index contributed by atoms with van der Waals surface area (Å²) in [4.78, 5) is 21.7. The van der Waals surface area contributed by atoms with Gasteiger partial charge in [-0.2, -0.15) is 0 Å². The molecule has 0 radical (unpaired) electrons. The van der Waals surface area contributed by atoms with E-state index >= 15 is 0 Å². The summed E-state index contributed by atoms with van der Waals surface area (Å²) in [6.07, 6.45) is 5.60. The molecule has 1 aromatic carbocycles. The smallest absolute Gasteiger partial charge is 0.353 e. The molecule has 0 bridgehead atoms. The van der Waals surface area contributed by atoms with Crippen molar-refractivity contribution in [2.24, 2.45) is 5.92 Å². The van der Waals surface area contributed by atoms with Gasteiger partial charge in [-0.1, -0.05) is 20.3 Å². The van der Waals surface area contributed by atoms with Crippen LogP contribution in [-0.2, 0) is 0 Å². The highest BCUT2D eigenvalue weighted by atomic mass is 16.6. The summed E-state index contributed by atoms with van der Waals surface area (Å²) < 4.78 is 5.65. The first-order chi connectivity index (χ1) is 13.6. The Balaban J connectivity index is 1.80. The normalized spacial score (nSPS) is 16.6. The van der Waals surface area contributed by atoms with E-state index < -0.39 is 4.92 Å². The van der Waals surface area contributed by atoms with E-state index in [0.29, 0.717) is 24.0 Å². The minimum absolute atomic E-state index is 0.0835. The molecule has 1 aromatic heterocycles. The van der Waals surface area contributed by atoms with Crippen LogP contribution in [0.2, 0.25) is 0 Å². The molecule has 28 heavy (non-hydrogen) atoms. The Hall–Kier alpha value is -2.90. The van der Waals surface area contributed by atoms with Crippen molar-refractivity contribution in [3.8, 4) is 5.75 Å². The molecular formula is C20H27N5O3. The third-order valence-corrected chi connectivity index (χ3v) is 4.83. The van der Waals surface area contributed by atoms with Crippen LogP contribution in [0.5, 0.6) is 5.75 Å². The maximum absolute atomic E-state index is 11.8. The summed E-state index contributed by atoms with van der Waals surface area (Å²) >= 11 is 0. The maximum atomic E-state index is 11.8. The van der Waals surface area contributed by atoms with E-state index in [4.69, 9.17) is 4.74 Å². The zero-order valence-corrected chi connectivity index (χ0v) is 16.4. The summed E-state index contributed by atoms with van der Waals surface area (Å²) in [5.74, 6) is 1.85. The molecule has 1 fully saturated rings. The highest BCUT2D eigenvalue weighted by molar-refractivity contribution is 5.74. The van der Waals surface area contributed by atoms with Crippen LogP contribution < -0.4 is 15.0 Å². The molecule has 0 spiro atoms. The number of benzene rings is 1. The Morgan fingerprint density at radius 3 is 2.79 bits per heavy atom. The van der Waals surface area contributed by atoms with E-state index in [2.05, 4.69) is 29.1 Å². The molecule has 1 aliphatic rings. The molecule has 2 aromatic rings. The molecule has 1 saturated heterocycles. The molecule has 2 heterocycles. The Morgan fingerprint density at radius 2 is 2.11 bits per heavy atom. The van der Waals surface area contributed by atoms with Crippen LogP contribution in [0, 0.1) is 16.0 Å². The van der Waals surface area contributed by atoms with Crippen molar-refractivity contribution in [2.75, 3.05) is 29.9 Å². The second-order valence-electron chi connectivity index (χ2n) is 7.20. The van der Waals surface area contributed by atoms with E-state index in [1.54, 1.807) is 0 Å². The topological polar surface area (TPSA) is 93.4 Å². The number of nitrogens with zero attached hydrogens (tertiary/aromatic N) is 4. The molecular weight excluding hydrogens is 358 g/mol. The number of nitrogens with one attached hydrogen (secondary N) is 1. The van der Waals surface area contributed by atoms with Gasteiger partial charge in [0.1, 0.15) is 12.1 Å². The van der Waals surface area contributed by atoms with Crippen LogP contribution in [0.4, 0.5) is 23.0 Å². The zero-order chi connectivity index (χ0) is 19.9. The first-order valence-corrected chi connectivity index (χ1v) is 9.82. The Morgan fingerprint density at radius 1 is 1.32 bits per heavy atom. The largest absolute Gasteiger partial charge is 0.494 e. The van der Waals surface area contributed by atoms with Crippen molar-refractivity contribution in [3.05, 3.63) is 40.7 Å². The van der Waals surface area contributed by atoms with Crippen LogP contribution in [0.25, 0.3) is 0 Å². The molecule has 1 atom stereocenters. The standard InChI is InChI=1S/C20H27N5O3/c1-3-4-12-28-17-9-7-16(8-10-17)23-19-18(25(26)27)20(22-14-21-19)24-11-5-6-15(2)13-24/h7-10,14-15H,3-6,11-13H2,1-2H3,(H,21,22,23). The van der Waals surface area contributed by atoms with Gasteiger partial charge in [0.2, 0.25) is 11.6 Å². The SMILES string of the molecule is CCCCOc1ccc(Nc2ncnc(N3CCCC(C)C3)c2[N+](=O)[O-])cc1. The van der Waals surface area contributed by atoms with Gasteiger partial charge in [-0.15, -0.1) is 0 Å². The van der Waals surface area contributed by atoms with E-state index in [9.17, 15) is 10.1 Å². The summed E-state index contributed by atoms with van der Waals surface area (Å²) in [5, 5.41) is 14.9. The third-order valence-electron chi connectivity index (χ3n) is 4.83. The monoisotopic (exact) mass is 385 g/mol. The second kappa shape index (κ2) is 9.34. The number of piperidine rings is 1. The Labute approximate surface area is 165 Å². The summed E-state index contributed by atoms with van der Waals surface area (Å²) in [6, 6.07) is 7.35. The van der Waals surface area contributed by atoms with Gasteiger partial charge in [0.15, 0.2) is 0 Å². The molecule has 3 rings (SSSR count). The molecule has 0 saturated carbocycles. The first kappa shape index (κ1) is 19.9. The van der Waals surface area contributed by atoms with Gasteiger partial charge >= 0.3 is 5.69 Å². The lowest BCUT2D eigenvalue weighted by Crippen LogP contribution is -2.35. The van der Waals surface area contributed by atoms with Crippen molar-refractivity contribution in [1.82, 2.24) is 9.97 Å². The number of unbranched alkanes of at least 4 members (excludes halogenated alkanes) is 1. The van der Waals surface area contributed by atoms with E-state index in [0.717, 1.165) is 44.5 Å². The van der Waals surface area contributed by atoms with Gasteiger partial charge in [-0.3, -0.25) is 10.1 Å². The zero-order valence-electron chi connectivity index (χ0n) is 16.4. The molecule has 1 N–H and O–H groups in total. The van der Waals surface area contributed by atoms with Crippen LogP contribution in [-0.4, -0.2) is 34.6 Å². The average Bonchev–Trinajstić information content (AvgIpc) is 2.69. The van der Waals surface area contributed by atoms with Crippen molar-refractivity contribution >= 4 is 23.0 Å². The van der Waals surface area contributed by atoms with E-state index in [1.165, 1.54) is 6.33 Å². The Bertz CT molecular complexity index is 797. The molecule has 8 nitrogen and oxygen atoms in total. The van der Waals surface area contributed by atoms with Crippen LogP contribution >= 0.6 is 0 Å². The van der Waals surface area contributed by atoms with Crippen molar-refractivity contribution < 1.29 is 9.66 Å². The Kier molecular flexibility index (Phi) is 6.62. The van der Waals surface area contributed by atoms with Gasteiger partial charge in [0.25, 0.3) is 0 Å². The molecule has 1 aliphatic heterocycles. The predicted octanol–water partition coefficient (Wildman–Crippen LogP) is 4.54. The number of nitro groups is 1. The first-order valence-electron chi connectivity index (χ1n) is 9.82. The highest BCUT2D eigenvalue weighted by Gasteiger charge is 2.29. The number of anilines is 3. The van der Waals surface area contributed by atoms with Crippen LogP contribution in [0.3, 0.4) is 0 Å². The number of hydrogen-bond acceptors (Lipinski definition) is 7. The number of ether oxygens (including phenoxy) is 1. The summed E-state index contributed by atoms with van der Waals surface area (Å²) in [7, 11) is 0. The second-order valence-corrected chi connectivity index (χ2v) is 7.20. The fourth-order valence-corrected chi connectivity index (χ4v) is 3.35. The van der Waals surface area contributed by atoms with Gasteiger partial charge in [0, 0.05) is 18.8 Å². The molecule has 1 unspecified atom stereocenters. The minimum atomic E-state index is -0.404. The van der Waals surface area contributed by atoms with Crippen molar-refractivity contribution in [2.45, 2.75) is 39.5 Å². The number of hydrogen-bond donors (Lipinski definition) is 1. The fraction of sp³-hybridized carbons (Fsp3) is 0.500. The average molecular weight is 385 g/mol. The molecule has 8 heteroatoms. The van der Waals surface area contributed by atoms with Gasteiger partial charge in [-0.25, -0.2) is 9.97 Å². The quantitative estimate of drug-likeness (QED) is 0.405. The molecule has 0 aliphatic carbocycles. The van der Waals surface area contributed by atoms with Crippen LogP contribution in [0.15, 0.2) is 30.6 Å². The summed E-state index contributed by atoms with van der Waals surface area (Å²) in [6.45, 7) is 6.48. The van der Waals surface area contributed by atoms with Crippen molar-refractivity contribution in [1.29, 1.82) is 0 Å².